The van der Waals surface area contributed by atoms with Crippen LogP contribution in [0.15, 0.2) is 70.6 Å². The van der Waals surface area contributed by atoms with Gasteiger partial charge in [0.1, 0.15) is 5.52 Å². The van der Waals surface area contributed by atoms with Crippen LogP contribution in [0.4, 0.5) is 5.69 Å². The quantitative estimate of drug-likeness (QED) is 0.448. The predicted octanol–water partition coefficient (Wildman–Crippen LogP) is 3.46. The van der Waals surface area contributed by atoms with Gasteiger partial charge in [-0.2, -0.15) is 5.10 Å². The highest BCUT2D eigenvalue weighted by Crippen LogP contribution is 2.33. The number of aromatic nitrogens is 2. The van der Waals surface area contributed by atoms with Crippen molar-refractivity contribution in [3.8, 4) is 0 Å². The first-order valence-corrected chi connectivity index (χ1v) is 8.83. The Hall–Kier alpha value is -3.26. The van der Waals surface area contributed by atoms with E-state index < -0.39 is 14.8 Å². The minimum Gasteiger partial charge on any atom is -0.270 e. The molecule has 3 aromatic carbocycles. The zero-order valence-electron chi connectivity index (χ0n) is 12.7. The molecule has 0 saturated carbocycles. The molecule has 0 aliphatic heterocycles. The van der Waals surface area contributed by atoms with Crippen molar-refractivity contribution < 1.29 is 13.3 Å². The second-order valence-electron chi connectivity index (χ2n) is 5.47. The summed E-state index contributed by atoms with van der Waals surface area (Å²) in [4.78, 5) is 10.7. The van der Waals surface area contributed by atoms with Gasteiger partial charge < -0.3 is 0 Å². The summed E-state index contributed by atoms with van der Waals surface area (Å²) in [6, 6.07) is 16.4. The lowest BCUT2D eigenvalue weighted by molar-refractivity contribution is -0.383. The fourth-order valence-corrected chi connectivity index (χ4v) is 4.46. The zero-order chi connectivity index (χ0) is 17.6. The number of benzene rings is 3. The van der Waals surface area contributed by atoms with E-state index in [1.807, 2.05) is 18.2 Å². The number of H-pyrrole nitrogens is 1. The Labute approximate surface area is 142 Å². The Kier molecular flexibility index (Phi) is 3.29. The van der Waals surface area contributed by atoms with E-state index in [9.17, 15) is 18.5 Å². The number of nitro groups is 1. The van der Waals surface area contributed by atoms with Gasteiger partial charge in [0.2, 0.25) is 9.84 Å². The van der Waals surface area contributed by atoms with Crippen molar-refractivity contribution >= 4 is 37.2 Å². The molecular formula is C17H11N3O4S. The van der Waals surface area contributed by atoms with Crippen molar-refractivity contribution in [1.29, 1.82) is 0 Å². The summed E-state index contributed by atoms with van der Waals surface area (Å²) >= 11 is 0. The summed E-state index contributed by atoms with van der Waals surface area (Å²) in [6.07, 6.45) is 0. The molecule has 0 amide bonds. The third kappa shape index (κ3) is 2.26. The molecule has 0 unspecified atom stereocenters. The molecule has 0 saturated heterocycles. The van der Waals surface area contributed by atoms with Crippen LogP contribution >= 0.6 is 0 Å². The van der Waals surface area contributed by atoms with Crippen LogP contribution in [-0.2, 0) is 9.84 Å². The van der Waals surface area contributed by atoms with Gasteiger partial charge >= 0.3 is 0 Å². The average molecular weight is 353 g/mol. The summed E-state index contributed by atoms with van der Waals surface area (Å²) in [5.74, 6) is 0. The SMILES string of the molecule is O=[N+]([O-])c1cccc2c(S(=O)(=O)c3cccc4ccccc34)n[nH]c12. The monoisotopic (exact) mass is 353 g/mol. The van der Waals surface area contributed by atoms with Gasteiger partial charge in [-0.25, -0.2) is 8.42 Å². The molecule has 0 aliphatic carbocycles. The maximum Gasteiger partial charge on any atom is 0.294 e. The van der Waals surface area contributed by atoms with Crippen LogP contribution in [-0.4, -0.2) is 23.5 Å². The van der Waals surface area contributed by atoms with Gasteiger partial charge in [0.15, 0.2) is 5.03 Å². The molecule has 0 fully saturated rings. The Morgan fingerprint density at radius 3 is 2.40 bits per heavy atom. The number of aromatic amines is 1. The van der Waals surface area contributed by atoms with Crippen molar-refractivity contribution in [3.63, 3.8) is 0 Å². The van der Waals surface area contributed by atoms with Gasteiger partial charge in [0.25, 0.3) is 5.69 Å². The van der Waals surface area contributed by atoms with Gasteiger partial charge in [-0.15, -0.1) is 0 Å². The lowest BCUT2D eigenvalue weighted by Crippen LogP contribution is -2.04. The van der Waals surface area contributed by atoms with Crippen LogP contribution in [0.5, 0.6) is 0 Å². The van der Waals surface area contributed by atoms with Crippen LogP contribution in [0.1, 0.15) is 0 Å². The Morgan fingerprint density at radius 1 is 0.920 bits per heavy atom. The van der Waals surface area contributed by atoms with Crippen molar-refractivity contribution in [2.24, 2.45) is 0 Å². The first-order chi connectivity index (χ1) is 12.0. The maximum atomic E-state index is 13.2. The average Bonchev–Trinajstić information content (AvgIpc) is 3.06. The minimum absolute atomic E-state index is 0.0892. The van der Waals surface area contributed by atoms with E-state index in [0.717, 1.165) is 5.39 Å². The molecule has 0 atom stereocenters. The largest absolute Gasteiger partial charge is 0.294 e. The lowest BCUT2D eigenvalue weighted by atomic mass is 10.1. The summed E-state index contributed by atoms with van der Waals surface area (Å²) in [5, 5.41) is 18.8. The Balaban J connectivity index is 2.02. The van der Waals surface area contributed by atoms with Gasteiger partial charge in [-0.05, 0) is 17.5 Å². The molecule has 1 N–H and O–H groups in total. The van der Waals surface area contributed by atoms with Crippen molar-refractivity contribution in [1.82, 2.24) is 10.2 Å². The third-order valence-corrected chi connectivity index (χ3v) is 5.79. The highest BCUT2D eigenvalue weighted by molar-refractivity contribution is 7.91. The van der Waals surface area contributed by atoms with E-state index in [4.69, 9.17) is 0 Å². The normalized spacial score (nSPS) is 11.8. The second kappa shape index (κ2) is 5.38. The Morgan fingerprint density at radius 2 is 1.60 bits per heavy atom. The number of sulfone groups is 1. The van der Waals surface area contributed by atoms with Gasteiger partial charge in [-0.1, -0.05) is 42.5 Å². The number of non-ortho nitro benzene ring substituents is 1. The molecule has 0 radical (unpaired) electrons. The molecular weight excluding hydrogens is 342 g/mol. The minimum atomic E-state index is -3.96. The number of rotatable bonds is 3. The van der Waals surface area contributed by atoms with E-state index in [-0.39, 0.29) is 26.5 Å². The lowest BCUT2D eigenvalue weighted by Gasteiger charge is -2.06. The van der Waals surface area contributed by atoms with Gasteiger partial charge in [-0.3, -0.25) is 15.2 Å². The molecule has 8 heteroatoms. The van der Waals surface area contributed by atoms with Gasteiger partial charge in [0.05, 0.1) is 9.82 Å². The maximum absolute atomic E-state index is 13.2. The van der Waals surface area contributed by atoms with Crippen LogP contribution in [0.25, 0.3) is 21.7 Å². The number of nitro benzene ring substituents is 1. The molecule has 0 bridgehead atoms. The molecule has 0 spiro atoms. The summed E-state index contributed by atoms with van der Waals surface area (Å²) < 4.78 is 26.3. The number of hydrogen-bond acceptors (Lipinski definition) is 5. The Bertz CT molecular complexity index is 1240. The molecule has 4 rings (SSSR count). The molecule has 4 aromatic rings. The first kappa shape index (κ1) is 15.3. The zero-order valence-corrected chi connectivity index (χ0v) is 13.5. The number of para-hydroxylation sites is 1. The molecule has 1 heterocycles. The number of fused-ring (bicyclic) bond motifs is 2. The highest BCUT2D eigenvalue weighted by atomic mass is 32.2. The fourth-order valence-electron chi connectivity index (χ4n) is 2.89. The number of hydrogen-bond donors (Lipinski definition) is 1. The number of nitrogens with zero attached hydrogens (tertiary/aromatic N) is 2. The van der Waals surface area contributed by atoms with E-state index in [2.05, 4.69) is 10.2 Å². The van der Waals surface area contributed by atoms with E-state index in [1.165, 1.54) is 24.3 Å². The van der Waals surface area contributed by atoms with Crippen molar-refractivity contribution in [2.45, 2.75) is 9.92 Å². The first-order valence-electron chi connectivity index (χ1n) is 7.34. The fraction of sp³-hybridized carbons (Fsp3) is 0. The smallest absolute Gasteiger partial charge is 0.270 e. The van der Waals surface area contributed by atoms with Crippen LogP contribution in [0, 0.1) is 10.1 Å². The molecule has 0 aliphatic rings. The second-order valence-corrected chi connectivity index (χ2v) is 7.30. The van der Waals surface area contributed by atoms with E-state index in [1.54, 1.807) is 18.2 Å². The highest BCUT2D eigenvalue weighted by Gasteiger charge is 2.27. The topological polar surface area (TPSA) is 106 Å². The molecule has 7 nitrogen and oxygen atoms in total. The van der Waals surface area contributed by atoms with Crippen LogP contribution in [0.3, 0.4) is 0 Å². The van der Waals surface area contributed by atoms with E-state index >= 15 is 0 Å². The predicted molar refractivity (Wildman–Crippen MR) is 92.1 cm³/mol. The molecule has 25 heavy (non-hydrogen) atoms. The molecule has 1 aromatic heterocycles. The van der Waals surface area contributed by atoms with Gasteiger partial charge in [0, 0.05) is 16.8 Å². The standard InChI is InChI=1S/C17H11N3O4S/c21-20(22)14-9-4-8-13-16(14)18-19-17(13)25(23,24)15-10-3-6-11-5-1-2-7-12(11)15/h1-10H,(H,18,19). The third-order valence-electron chi connectivity index (χ3n) is 4.03. The number of nitrogens with one attached hydrogen (secondary N) is 1. The van der Waals surface area contributed by atoms with Crippen molar-refractivity contribution in [3.05, 3.63) is 70.8 Å². The summed E-state index contributed by atoms with van der Waals surface area (Å²) in [7, 11) is -3.96. The van der Waals surface area contributed by atoms with Crippen LogP contribution in [0.2, 0.25) is 0 Å². The summed E-state index contributed by atoms with van der Waals surface area (Å²) in [5.41, 5.74) is -0.129. The van der Waals surface area contributed by atoms with E-state index in [0.29, 0.717) is 5.39 Å². The molecule has 124 valence electrons. The van der Waals surface area contributed by atoms with Crippen molar-refractivity contribution in [2.75, 3.05) is 0 Å². The summed E-state index contributed by atoms with van der Waals surface area (Å²) in [6.45, 7) is 0. The van der Waals surface area contributed by atoms with Crippen LogP contribution < -0.4 is 0 Å².